The Kier molecular flexibility index (Phi) is 2.07. The van der Waals surface area contributed by atoms with Crippen molar-refractivity contribution in [2.45, 2.75) is 6.43 Å². The second-order valence-corrected chi connectivity index (χ2v) is 3.60. The fourth-order valence-electron chi connectivity index (χ4n) is 1.24. The van der Waals surface area contributed by atoms with Gasteiger partial charge < -0.3 is 4.98 Å². The molecule has 1 nitrogen and oxygen atoms in total. The summed E-state index contributed by atoms with van der Waals surface area (Å²) in [5, 5.41) is 0.921. The van der Waals surface area contributed by atoms with Gasteiger partial charge in [-0.3, -0.25) is 0 Å². The molecule has 68 valence electrons. The highest BCUT2D eigenvalue weighted by molar-refractivity contribution is 9.10. The molecule has 0 spiro atoms. The van der Waals surface area contributed by atoms with Gasteiger partial charge in [0, 0.05) is 27.1 Å². The maximum Gasteiger partial charge on any atom is 0.263 e. The van der Waals surface area contributed by atoms with Crippen molar-refractivity contribution < 1.29 is 8.78 Å². The van der Waals surface area contributed by atoms with Gasteiger partial charge in [-0.25, -0.2) is 8.78 Å². The minimum Gasteiger partial charge on any atom is -0.360 e. The highest BCUT2D eigenvalue weighted by atomic mass is 79.9. The van der Waals surface area contributed by atoms with Crippen molar-refractivity contribution in [1.29, 1.82) is 0 Å². The van der Waals surface area contributed by atoms with Gasteiger partial charge in [0.15, 0.2) is 0 Å². The standard InChI is InChI=1S/C9H6BrF2N/c10-7-4-13-8-3-5(9(11)12)1-2-6(7)8/h1-4,9,13H. The Morgan fingerprint density at radius 2 is 2.08 bits per heavy atom. The molecule has 0 saturated carbocycles. The number of hydrogen-bond donors (Lipinski definition) is 1. The maximum absolute atomic E-state index is 12.3. The van der Waals surface area contributed by atoms with Crippen molar-refractivity contribution in [3.63, 3.8) is 0 Å². The van der Waals surface area contributed by atoms with Crippen LogP contribution in [0.2, 0.25) is 0 Å². The summed E-state index contributed by atoms with van der Waals surface area (Å²) in [4.78, 5) is 2.90. The lowest BCUT2D eigenvalue weighted by Gasteiger charge is -1.98. The number of H-pyrrole nitrogens is 1. The summed E-state index contributed by atoms with van der Waals surface area (Å²) in [6.07, 6.45) is -0.675. The fraction of sp³-hybridized carbons (Fsp3) is 0.111. The molecule has 1 heterocycles. The Hall–Kier alpha value is -0.900. The van der Waals surface area contributed by atoms with Crippen LogP contribution in [0.3, 0.4) is 0 Å². The van der Waals surface area contributed by atoms with Crippen LogP contribution >= 0.6 is 15.9 Å². The van der Waals surface area contributed by atoms with Crippen LogP contribution in [0.1, 0.15) is 12.0 Å². The lowest BCUT2D eigenvalue weighted by Crippen LogP contribution is -1.82. The number of nitrogens with one attached hydrogen (secondary N) is 1. The Morgan fingerprint density at radius 1 is 1.31 bits per heavy atom. The van der Waals surface area contributed by atoms with Gasteiger partial charge in [0.25, 0.3) is 6.43 Å². The lowest BCUT2D eigenvalue weighted by atomic mass is 10.2. The zero-order chi connectivity index (χ0) is 9.42. The molecular formula is C9H6BrF2N. The number of rotatable bonds is 1. The highest BCUT2D eigenvalue weighted by Gasteiger charge is 2.08. The topological polar surface area (TPSA) is 15.8 Å². The Balaban J connectivity index is 2.63. The minimum absolute atomic E-state index is 0.0434. The van der Waals surface area contributed by atoms with Crippen LogP contribution in [0.4, 0.5) is 8.78 Å². The first-order chi connectivity index (χ1) is 6.18. The third kappa shape index (κ3) is 1.46. The maximum atomic E-state index is 12.3. The monoisotopic (exact) mass is 245 g/mol. The molecule has 0 atom stereocenters. The third-order valence-corrected chi connectivity index (χ3v) is 2.56. The van der Waals surface area contributed by atoms with Crippen molar-refractivity contribution >= 4 is 26.8 Å². The Labute approximate surface area is 81.9 Å². The van der Waals surface area contributed by atoms with Crippen LogP contribution < -0.4 is 0 Å². The van der Waals surface area contributed by atoms with E-state index >= 15 is 0 Å². The molecule has 0 amide bonds. The van der Waals surface area contributed by atoms with Gasteiger partial charge in [0.05, 0.1) is 0 Å². The second kappa shape index (κ2) is 3.10. The predicted molar refractivity (Wildman–Crippen MR) is 51.0 cm³/mol. The molecule has 1 N–H and O–H groups in total. The number of aromatic nitrogens is 1. The number of benzene rings is 1. The molecule has 2 aromatic rings. The van der Waals surface area contributed by atoms with Crippen molar-refractivity contribution in [1.82, 2.24) is 4.98 Å². The van der Waals surface area contributed by atoms with Gasteiger partial charge in [0.1, 0.15) is 0 Å². The molecule has 0 fully saturated rings. The lowest BCUT2D eigenvalue weighted by molar-refractivity contribution is 0.151. The quantitative estimate of drug-likeness (QED) is 0.786. The molecule has 0 aliphatic carbocycles. The Morgan fingerprint density at radius 3 is 2.77 bits per heavy atom. The van der Waals surface area contributed by atoms with E-state index in [4.69, 9.17) is 0 Å². The SMILES string of the molecule is FC(F)c1ccc2c(Br)c[nH]c2c1. The smallest absolute Gasteiger partial charge is 0.263 e. The van der Waals surface area contributed by atoms with Crippen molar-refractivity contribution in [3.05, 3.63) is 34.4 Å². The molecular weight excluding hydrogens is 240 g/mol. The predicted octanol–water partition coefficient (Wildman–Crippen LogP) is 3.87. The molecule has 0 radical (unpaired) electrons. The van der Waals surface area contributed by atoms with E-state index in [-0.39, 0.29) is 5.56 Å². The molecule has 0 aliphatic heterocycles. The van der Waals surface area contributed by atoms with Crippen LogP contribution in [0.5, 0.6) is 0 Å². The van der Waals surface area contributed by atoms with Crippen LogP contribution in [-0.4, -0.2) is 4.98 Å². The Bertz CT molecular complexity index is 436. The van der Waals surface area contributed by atoms with E-state index in [1.165, 1.54) is 12.1 Å². The number of fused-ring (bicyclic) bond motifs is 1. The van der Waals surface area contributed by atoms with Crippen LogP contribution in [0.25, 0.3) is 10.9 Å². The van der Waals surface area contributed by atoms with Gasteiger partial charge in [-0.15, -0.1) is 0 Å². The summed E-state index contributed by atoms with van der Waals surface area (Å²) in [6, 6.07) is 4.58. The molecule has 1 aromatic carbocycles. The van der Waals surface area contributed by atoms with E-state index in [1.54, 1.807) is 12.3 Å². The molecule has 1 aromatic heterocycles. The zero-order valence-corrected chi connectivity index (χ0v) is 8.11. The van der Waals surface area contributed by atoms with E-state index < -0.39 is 6.43 Å². The highest BCUT2D eigenvalue weighted by Crippen LogP contribution is 2.27. The molecule has 2 rings (SSSR count). The van der Waals surface area contributed by atoms with E-state index in [1.807, 2.05) is 0 Å². The summed E-state index contributed by atoms with van der Waals surface area (Å²) in [7, 11) is 0. The van der Waals surface area contributed by atoms with E-state index in [2.05, 4.69) is 20.9 Å². The van der Waals surface area contributed by atoms with E-state index in [0.717, 1.165) is 15.4 Å². The van der Waals surface area contributed by atoms with Gasteiger partial charge in [-0.1, -0.05) is 12.1 Å². The first kappa shape index (κ1) is 8.69. The first-order valence-corrected chi connectivity index (χ1v) is 4.52. The largest absolute Gasteiger partial charge is 0.360 e. The average molecular weight is 246 g/mol. The number of halogens is 3. The van der Waals surface area contributed by atoms with Gasteiger partial charge in [0.2, 0.25) is 0 Å². The fourth-order valence-corrected chi connectivity index (χ4v) is 1.70. The number of aromatic amines is 1. The summed E-state index contributed by atoms with van der Waals surface area (Å²) < 4.78 is 25.4. The zero-order valence-electron chi connectivity index (χ0n) is 6.52. The average Bonchev–Trinajstić information content (AvgIpc) is 2.47. The minimum atomic E-state index is -2.41. The van der Waals surface area contributed by atoms with Crippen LogP contribution in [-0.2, 0) is 0 Å². The van der Waals surface area contributed by atoms with Crippen LogP contribution in [0, 0.1) is 0 Å². The summed E-state index contributed by atoms with van der Waals surface area (Å²) in [5.41, 5.74) is 0.770. The van der Waals surface area contributed by atoms with Crippen molar-refractivity contribution in [3.8, 4) is 0 Å². The normalized spacial score (nSPS) is 11.4. The molecule has 0 saturated heterocycles. The first-order valence-electron chi connectivity index (χ1n) is 3.73. The van der Waals surface area contributed by atoms with E-state index in [0.29, 0.717) is 0 Å². The molecule has 0 bridgehead atoms. The van der Waals surface area contributed by atoms with Crippen molar-refractivity contribution in [2.75, 3.05) is 0 Å². The van der Waals surface area contributed by atoms with Crippen LogP contribution in [0.15, 0.2) is 28.9 Å². The van der Waals surface area contributed by atoms with Gasteiger partial charge in [-0.05, 0) is 22.0 Å². The summed E-state index contributed by atoms with van der Waals surface area (Å²) in [5.74, 6) is 0. The molecule has 0 aliphatic rings. The number of hydrogen-bond acceptors (Lipinski definition) is 0. The molecule has 13 heavy (non-hydrogen) atoms. The van der Waals surface area contributed by atoms with Crippen molar-refractivity contribution in [2.24, 2.45) is 0 Å². The summed E-state index contributed by atoms with van der Waals surface area (Å²) in [6.45, 7) is 0. The third-order valence-electron chi connectivity index (χ3n) is 1.91. The van der Waals surface area contributed by atoms with E-state index in [9.17, 15) is 8.78 Å². The number of alkyl halides is 2. The van der Waals surface area contributed by atoms with Gasteiger partial charge >= 0.3 is 0 Å². The molecule has 4 heteroatoms. The van der Waals surface area contributed by atoms with Gasteiger partial charge in [-0.2, -0.15) is 0 Å². The second-order valence-electron chi connectivity index (χ2n) is 2.74. The molecule has 0 unspecified atom stereocenters. The summed E-state index contributed by atoms with van der Waals surface area (Å²) >= 11 is 3.31.